The Hall–Kier alpha value is -2.41. The van der Waals surface area contributed by atoms with Gasteiger partial charge in [0.05, 0.1) is 18.5 Å². The van der Waals surface area contributed by atoms with Crippen molar-refractivity contribution >= 4 is 11.6 Å². The predicted octanol–water partition coefficient (Wildman–Crippen LogP) is 2.30. The summed E-state index contributed by atoms with van der Waals surface area (Å²) in [5.74, 6) is 1.45. The minimum Gasteiger partial charge on any atom is -0.475 e. The van der Waals surface area contributed by atoms with Gasteiger partial charge in [-0.3, -0.25) is 4.79 Å². The van der Waals surface area contributed by atoms with Gasteiger partial charge in [-0.05, 0) is 24.8 Å². The molecule has 1 amide bonds. The normalized spacial score (nSPS) is 13.8. The van der Waals surface area contributed by atoms with Crippen LogP contribution in [0, 0.1) is 5.92 Å². The van der Waals surface area contributed by atoms with Crippen LogP contribution in [0.4, 0.5) is 5.69 Å². The van der Waals surface area contributed by atoms with Gasteiger partial charge in [0.15, 0.2) is 11.6 Å². The molecular weight excluding hydrogens is 298 g/mol. The van der Waals surface area contributed by atoms with Crippen LogP contribution in [0.3, 0.4) is 0 Å². The van der Waals surface area contributed by atoms with Crippen LogP contribution in [-0.2, 0) is 11.2 Å². The Balaban J connectivity index is 1.53. The van der Waals surface area contributed by atoms with Crippen molar-refractivity contribution in [3.8, 4) is 5.88 Å². The number of pyridine rings is 1. The molecule has 0 unspecified atom stereocenters. The van der Waals surface area contributed by atoms with E-state index in [-0.39, 0.29) is 11.6 Å². The number of carbonyl (C=O) groups is 1. The molecule has 23 heavy (non-hydrogen) atoms. The van der Waals surface area contributed by atoms with E-state index in [9.17, 15) is 4.79 Å². The Labute approximate surface area is 134 Å². The Morgan fingerprint density at radius 1 is 1.39 bits per heavy atom. The molecule has 0 radical (unpaired) electrons. The predicted molar refractivity (Wildman–Crippen MR) is 82.5 cm³/mol. The van der Waals surface area contributed by atoms with Gasteiger partial charge in [-0.1, -0.05) is 0 Å². The van der Waals surface area contributed by atoms with E-state index < -0.39 is 0 Å². The number of rotatable bonds is 8. The van der Waals surface area contributed by atoms with Gasteiger partial charge < -0.3 is 19.2 Å². The van der Waals surface area contributed by atoms with Gasteiger partial charge in [0.1, 0.15) is 12.9 Å². The molecule has 122 valence electrons. The summed E-state index contributed by atoms with van der Waals surface area (Å²) in [6.07, 6.45) is 6.17. The average Bonchev–Trinajstić information content (AvgIpc) is 3.24. The zero-order valence-corrected chi connectivity index (χ0v) is 12.9. The highest BCUT2D eigenvalue weighted by atomic mass is 16.5. The van der Waals surface area contributed by atoms with E-state index in [1.54, 1.807) is 19.2 Å². The summed E-state index contributed by atoms with van der Waals surface area (Å²) in [4.78, 5) is 20.4. The fourth-order valence-corrected chi connectivity index (χ4v) is 2.04. The molecule has 3 rings (SSSR count). The second-order valence-corrected chi connectivity index (χ2v) is 5.45. The number of nitrogens with zero attached hydrogens (tertiary/aromatic N) is 2. The lowest BCUT2D eigenvalue weighted by Gasteiger charge is -2.06. The van der Waals surface area contributed by atoms with Crippen LogP contribution in [0.1, 0.15) is 29.2 Å². The fourth-order valence-electron chi connectivity index (χ4n) is 2.04. The molecule has 1 fully saturated rings. The summed E-state index contributed by atoms with van der Waals surface area (Å²) in [6.45, 7) is 0.924. The van der Waals surface area contributed by atoms with E-state index in [1.165, 1.54) is 25.3 Å². The van der Waals surface area contributed by atoms with Gasteiger partial charge in [0.2, 0.25) is 5.88 Å². The van der Waals surface area contributed by atoms with E-state index in [4.69, 9.17) is 13.9 Å². The maximum Gasteiger partial charge on any atom is 0.277 e. The van der Waals surface area contributed by atoms with Crippen LogP contribution in [0.25, 0.3) is 0 Å². The molecule has 2 heterocycles. The summed E-state index contributed by atoms with van der Waals surface area (Å²) in [5, 5.41) is 2.73. The van der Waals surface area contributed by atoms with Crippen LogP contribution in [-0.4, -0.2) is 36.2 Å². The first-order valence-electron chi connectivity index (χ1n) is 7.58. The van der Waals surface area contributed by atoms with Crippen LogP contribution in [0.15, 0.2) is 29.0 Å². The molecule has 0 aliphatic heterocycles. The molecule has 1 saturated carbocycles. The molecule has 0 saturated heterocycles. The maximum atomic E-state index is 12.1. The lowest BCUT2D eigenvalue weighted by molar-refractivity contribution is 0.102. The Morgan fingerprint density at radius 3 is 2.96 bits per heavy atom. The van der Waals surface area contributed by atoms with Crippen molar-refractivity contribution in [2.45, 2.75) is 19.3 Å². The highest BCUT2D eigenvalue weighted by Crippen LogP contribution is 2.32. The summed E-state index contributed by atoms with van der Waals surface area (Å²) < 4.78 is 15.6. The summed E-state index contributed by atoms with van der Waals surface area (Å²) in [5.41, 5.74) is 0.849. The van der Waals surface area contributed by atoms with E-state index in [0.717, 1.165) is 6.42 Å². The van der Waals surface area contributed by atoms with Crippen LogP contribution in [0.5, 0.6) is 5.88 Å². The quantitative estimate of drug-likeness (QED) is 0.752. The standard InChI is InChI=1S/C16H19N3O4/c1-21-6-7-22-14-5-4-12(9-17-14)18-16(20)13-10-23-15(19-13)8-11-2-3-11/h4-5,9-11H,2-3,6-8H2,1H3,(H,18,20). The Bertz CT molecular complexity index is 650. The number of ether oxygens (including phenoxy) is 2. The first kappa shape index (κ1) is 15.5. The number of carbonyl (C=O) groups excluding carboxylic acids is 1. The number of methoxy groups -OCH3 is 1. The number of oxazole rings is 1. The largest absolute Gasteiger partial charge is 0.475 e. The van der Waals surface area contributed by atoms with E-state index in [2.05, 4.69) is 15.3 Å². The number of hydrogen-bond acceptors (Lipinski definition) is 6. The minimum atomic E-state index is -0.314. The molecule has 0 atom stereocenters. The lowest BCUT2D eigenvalue weighted by atomic mass is 10.3. The zero-order valence-electron chi connectivity index (χ0n) is 12.9. The zero-order chi connectivity index (χ0) is 16.1. The second-order valence-electron chi connectivity index (χ2n) is 5.45. The maximum absolute atomic E-state index is 12.1. The number of amides is 1. The summed E-state index contributed by atoms with van der Waals surface area (Å²) in [7, 11) is 1.61. The molecule has 0 bridgehead atoms. The lowest BCUT2D eigenvalue weighted by Crippen LogP contribution is -2.13. The van der Waals surface area contributed by atoms with E-state index >= 15 is 0 Å². The topological polar surface area (TPSA) is 86.5 Å². The van der Waals surface area contributed by atoms with Gasteiger partial charge in [0, 0.05) is 19.6 Å². The third-order valence-electron chi connectivity index (χ3n) is 3.48. The summed E-state index contributed by atoms with van der Waals surface area (Å²) >= 11 is 0. The van der Waals surface area contributed by atoms with Gasteiger partial charge in [0.25, 0.3) is 5.91 Å². The number of hydrogen-bond donors (Lipinski definition) is 1. The van der Waals surface area contributed by atoms with Gasteiger partial charge in [-0.25, -0.2) is 9.97 Å². The molecule has 0 aromatic carbocycles. The van der Waals surface area contributed by atoms with Crippen molar-refractivity contribution in [3.63, 3.8) is 0 Å². The Kier molecular flexibility index (Phi) is 4.87. The number of aromatic nitrogens is 2. The van der Waals surface area contributed by atoms with Crippen LogP contribution in [0.2, 0.25) is 0 Å². The van der Waals surface area contributed by atoms with Gasteiger partial charge in [-0.15, -0.1) is 0 Å². The second kappa shape index (κ2) is 7.23. The molecule has 7 nitrogen and oxygen atoms in total. The molecule has 2 aromatic heterocycles. The van der Waals surface area contributed by atoms with Crippen molar-refractivity contribution in [1.82, 2.24) is 9.97 Å². The van der Waals surface area contributed by atoms with Crippen LogP contribution >= 0.6 is 0 Å². The summed E-state index contributed by atoms with van der Waals surface area (Å²) in [6, 6.07) is 3.41. The van der Waals surface area contributed by atoms with Crippen molar-refractivity contribution in [2.24, 2.45) is 5.92 Å². The molecular formula is C16H19N3O4. The molecule has 1 aliphatic rings. The SMILES string of the molecule is COCCOc1ccc(NC(=O)c2coc(CC3CC3)n2)cn1. The third kappa shape index (κ3) is 4.53. The third-order valence-corrected chi connectivity index (χ3v) is 3.48. The first-order valence-corrected chi connectivity index (χ1v) is 7.58. The molecule has 0 spiro atoms. The van der Waals surface area contributed by atoms with Crippen LogP contribution < -0.4 is 10.1 Å². The minimum absolute atomic E-state index is 0.279. The monoisotopic (exact) mass is 317 g/mol. The number of anilines is 1. The average molecular weight is 317 g/mol. The molecule has 2 aromatic rings. The van der Waals surface area contributed by atoms with Crippen molar-refractivity contribution in [3.05, 3.63) is 36.2 Å². The fraction of sp³-hybridized carbons (Fsp3) is 0.438. The van der Waals surface area contributed by atoms with Gasteiger partial charge >= 0.3 is 0 Å². The number of nitrogens with one attached hydrogen (secondary N) is 1. The van der Waals surface area contributed by atoms with Gasteiger partial charge in [-0.2, -0.15) is 0 Å². The van der Waals surface area contributed by atoms with Crippen molar-refractivity contribution in [1.29, 1.82) is 0 Å². The smallest absolute Gasteiger partial charge is 0.277 e. The molecule has 7 heteroatoms. The Morgan fingerprint density at radius 2 is 2.26 bits per heavy atom. The van der Waals surface area contributed by atoms with E-state index in [0.29, 0.717) is 36.6 Å². The molecule has 1 N–H and O–H groups in total. The van der Waals surface area contributed by atoms with E-state index in [1.807, 2.05) is 0 Å². The van der Waals surface area contributed by atoms with Crippen molar-refractivity contribution in [2.75, 3.05) is 25.6 Å². The first-order chi connectivity index (χ1) is 11.2. The molecule has 1 aliphatic carbocycles. The highest BCUT2D eigenvalue weighted by molar-refractivity contribution is 6.02. The highest BCUT2D eigenvalue weighted by Gasteiger charge is 2.24. The van der Waals surface area contributed by atoms with Crippen molar-refractivity contribution < 1.29 is 18.7 Å².